The van der Waals surface area contributed by atoms with Gasteiger partial charge in [0.1, 0.15) is 0 Å². The number of hydrogen-bond acceptors (Lipinski definition) is 2. The fraction of sp³-hybridized carbons (Fsp3) is 0.929. The molecule has 1 atom stereocenters. The Morgan fingerprint density at radius 1 is 1.19 bits per heavy atom. The summed E-state index contributed by atoms with van der Waals surface area (Å²) in [5.74, 6) is 0.991. The highest BCUT2D eigenvalue weighted by Crippen LogP contribution is 2.18. The summed E-state index contributed by atoms with van der Waals surface area (Å²) >= 11 is 0. The van der Waals surface area contributed by atoms with Crippen LogP contribution in [0.15, 0.2) is 4.99 Å². The molecule has 0 radical (unpaired) electrons. The van der Waals surface area contributed by atoms with Crippen molar-refractivity contribution in [2.45, 2.75) is 45.8 Å². The molecular formula is C14H29F3N4. The summed E-state index contributed by atoms with van der Waals surface area (Å²) in [5.41, 5.74) is 0. The van der Waals surface area contributed by atoms with E-state index in [1.807, 2.05) is 21.0 Å². The minimum atomic E-state index is -4.14. The molecular weight excluding hydrogens is 281 g/mol. The Morgan fingerprint density at radius 3 is 2.24 bits per heavy atom. The summed E-state index contributed by atoms with van der Waals surface area (Å²) in [6.45, 7) is 7.20. The Balaban J connectivity index is 4.47. The summed E-state index contributed by atoms with van der Waals surface area (Å²) in [6, 6.07) is 0.281. The smallest absolute Gasteiger partial charge is 0.357 e. The van der Waals surface area contributed by atoms with Crippen LogP contribution in [0, 0.1) is 5.92 Å². The number of halogens is 3. The number of hydrogen-bond donors (Lipinski definition) is 2. The van der Waals surface area contributed by atoms with Crippen LogP contribution in [0.3, 0.4) is 0 Å². The SMILES string of the molecule is CCNC(=NCC(CC(C)C)N(C)C)NCCC(F)(F)F. The van der Waals surface area contributed by atoms with Crippen molar-refractivity contribution in [1.82, 2.24) is 15.5 Å². The van der Waals surface area contributed by atoms with Crippen LogP contribution >= 0.6 is 0 Å². The second kappa shape index (κ2) is 9.87. The van der Waals surface area contributed by atoms with E-state index in [4.69, 9.17) is 0 Å². The molecule has 0 fully saturated rings. The third-order valence-electron chi connectivity index (χ3n) is 2.98. The van der Waals surface area contributed by atoms with Crippen molar-refractivity contribution in [3.05, 3.63) is 0 Å². The Morgan fingerprint density at radius 2 is 1.81 bits per heavy atom. The molecule has 0 amide bonds. The summed E-state index contributed by atoms with van der Waals surface area (Å²) in [4.78, 5) is 6.49. The molecule has 0 bridgehead atoms. The van der Waals surface area contributed by atoms with Crippen molar-refractivity contribution in [3.8, 4) is 0 Å². The highest BCUT2D eigenvalue weighted by molar-refractivity contribution is 5.79. The summed E-state index contributed by atoms with van der Waals surface area (Å²) in [5, 5.41) is 5.69. The Bertz CT molecular complexity index is 301. The largest absolute Gasteiger partial charge is 0.390 e. The Kier molecular flexibility index (Phi) is 9.41. The van der Waals surface area contributed by atoms with Gasteiger partial charge in [0.2, 0.25) is 0 Å². The average molecular weight is 310 g/mol. The van der Waals surface area contributed by atoms with Crippen LogP contribution in [0.25, 0.3) is 0 Å². The van der Waals surface area contributed by atoms with E-state index in [2.05, 4.69) is 34.4 Å². The van der Waals surface area contributed by atoms with Crippen LogP contribution in [0.2, 0.25) is 0 Å². The maximum absolute atomic E-state index is 12.1. The number of likely N-dealkylation sites (N-methyl/N-ethyl adjacent to an activating group) is 1. The fourth-order valence-corrected chi connectivity index (χ4v) is 1.85. The van der Waals surface area contributed by atoms with Gasteiger partial charge >= 0.3 is 6.18 Å². The molecule has 0 rings (SSSR count). The minimum Gasteiger partial charge on any atom is -0.357 e. The van der Waals surface area contributed by atoms with Gasteiger partial charge in [-0.3, -0.25) is 4.99 Å². The lowest BCUT2D eigenvalue weighted by Crippen LogP contribution is -2.40. The first-order chi connectivity index (χ1) is 9.65. The van der Waals surface area contributed by atoms with E-state index in [-0.39, 0.29) is 12.6 Å². The molecule has 21 heavy (non-hydrogen) atoms. The van der Waals surface area contributed by atoms with Crippen molar-refractivity contribution in [3.63, 3.8) is 0 Å². The van der Waals surface area contributed by atoms with Crippen LogP contribution in [0.4, 0.5) is 13.2 Å². The normalized spacial score (nSPS) is 14.7. The van der Waals surface area contributed by atoms with Gasteiger partial charge in [0.25, 0.3) is 0 Å². The van der Waals surface area contributed by atoms with Gasteiger partial charge in [0, 0.05) is 19.1 Å². The van der Waals surface area contributed by atoms with Gasteiger partial charge in [0.15, 0.2) is 5.96 Å². The molecule has 7 heteroatoms. The zero-order valence-electron chi connectivity index (χ0n) is 13.7. The number of rotatable bonds is 8. The van der Waals surface area contributed by atoms with Crippen LogP contribution in [-0.4, -0.2) is 56.8 Å². The first-order valence-corrected chi connectivity index (χ1v) is 7.41. The standard InChI is InChI=1S/C14H29F3N4/c1-6-18-13(19-8-7-14(15,16)17)20-10-12(21(4)5)9-11(2)3/h11-12H,6-10H2,1-5H3,(H2,18,19,20). The van der Waals surface area contributed by atoms with Gasteiger partial charge in [-0.1, -0.05) is 13.8 Å². The lowest BCUT2D eigenvalue weighted by Gasteiger charge is -2.25. The third kappa shape index (κ3) is 11.4. The average Bonchev–Trinajstić information content (AvgIpc) is 2.31. The van der Waals surface area contributed by atoms with Gasteiger partial charge in [-0.15, -0.1) is 0 Å². The Hall–Kier alpha value is -0.980. The molecule has 0 heterocycles. The Labute approximate surface area is 126 Å². The lowest BCUT2D eigenvalue weighted by atomic mass is 10.0. The molecule has 0 saturated heterocycles. The molecule has 0 aromatic carbocycles. The van der Waals surface area contributed by atoms with Crippen molar-refractivity contribution >= 4 is 5.96 Å². The molecule has 0 aliphatic rings. The molecule has 1 unspecified atom stereocenters. The van der Waals surface area contributed by atoms with E-state index in [0.717, 1.165) is 6.42 Å². The second-order valence-corrected chi connectivity index (χ2v) is 5.76. The van der Waals surface area contributed by atoms with E-state index in [0.29, 0.717) is 25.0 Å². The summed E-state index contributed by atoms with van der Waals surface area (Å²) in [6.07, 6.45) is -4.01. The molecule has 2 N–H and O–H groups in total. The first kappa shape index (κ1) is 20.0. The van der Waals surface area contributed by atoms with Crippen molar-refractivity contribution in [2.75, 3.05) is 33.7 Å². The maximum Gasteiger partial charge on any atom is 0.390 e. The number of alkyl halides is 3. The molecule has 0 aromatic rings. The van der Waals surface area contributed by atoms with Gasteiger partial charge in [-0.25, -0.2) is 0 Å². The van der Waals surface area contributed by atoms with E-state index in [1.54, 1.807) is 0 Å². The molecule has 0 aromatic heterocycles. The quantitative estimate of drug-likeness (QED) is 0.534. The van der Waals surface area contributed by atoms with E-state index < -0.39 is 12.6 Å². The minimum absolute atomic E-state index is 0.161. The van der Waals surface area contributed by atoms with Gasteiger partial charge in [-0.05, 0) is 33.4 Å². The second-order valence-electron chi connectivity index (χ2n) is 5.76. The van der Waals surface area contributed by atoms with Crippen LogP contribution < -0.4 is 10.6 Å². The van der Waals surface area contributed by atoms with Crippen LogP contribution in [0.5, 0.6) is 0 Å². The molecule has 0 aliphatic heterocycles. The lowest BCUT2D eigenvalue weighted by molar-refractivity contribution is -0.132. The van der Waals surface area contributed by atoms with Gasteiger partial charge in [-0.2, -0.15) is 13.2 Å². The topological polar surface area (TPSA) is 39.7 Å². The monoisotopic (exact) mass is 310 g/mol. The predicted octanol–water partition coefficient (Wildman–Crippen LogP) is 2.47. The van der Waals surface area contributed by atoms with E-state index in [9.17, 15) is 13.2 Å². The highest BCUT2D eigenvalue weighted by Gasteiger charge is 2.26. The van der Waals surface area contributed by atoms with Crippen LogP contribution in [0.1, 0.15) is 33.6 Å². The zero-order valence-corrected chi connectivity index (χ0v) is 13.7. The molecule has 0 saturated carbocycles. The van der Waals surface area contributed by atoms with Crippen LogP contribution in [-0.2, 0) is 0 Å². The van der Waals surface area contributed by atoms with Crippen molar-refractivity contribution < 1.29 is 13.2 Å². The van der Waals surface area contributed by atoms with Crippen molar-refractivity contribution in [2.24, 2.45) is 10.9 Å². The maximum atomic E-state index is 12.1. The van der Waals surface area contributed by atoms with E-state index >= 15 is 0 Å². The number of aliphatic imine (C=N–C) groups is 1. The van der Waals surface area contributed by atoms with Crippen molar-refractivity contribution in [1.29, 1.82) is 0 Å². The predicted molar refractivity (Wildman–Crippen MR) is 81.6 cm³/mol. The summed E-state index contributed by atoms with van der Waals surface area (Å²) in [7, 11) is 3.99. The highest BCUT2D eigenvalue weighted by atomic mass is 19.4. The molecule has 0 aliphatic carbocycles. The fourth-order valence-electron chi connectivity index (χ4n) is 1.85. The number of nitrogens with one attached hydrogen (secondary N) is 2. The van der Waals surface area contributed by atoms with E-state index in [1.165, 1.54) is 0 Å². The third-order valence-corrected chi connectivity index (χ3v) is 2.98. The zero-order chi connectivity index (χ0) is 16.5. The molecule has 0 spiro atoms. The van der Waals surface area contributed by atoms with Gasteiger partial charge < -0.3 is 15.5 Å². The number of nitrogens with zero attached hydrogens (tertiary/aromatic N) is 2. The summed E-state index contributed by atoms with van der Waals surface area (Å²) < 4.78 is 36.4. The first-order valence-electron chi connectivity index (χ1n) is 7.41. The molecule has 126 valence electrons. The molecule has 4 nitrogen and oxygen atoms in total. The number of guanidine groups is 1. The van der Waals surface area contributed by atoms with Gasteiger partial charge in [0.05, 0.1) is 13.0 Å².